The van der Waals surface area contributed by atoms with E-state index in [4.69, 9.17) is 10.5 Å². The van der Waals surface area contributed by atoms with Gasteiger partial charge >= 0.3 is 0 Å². The van der Waals surface area contributed by atoms with Gasteiger partial charge in [0, 0.05) is 18.8 Å². The van der Waals surface area contributed by atoms with E-state index in [9.17, 15) is 0 Å². The van der Waals surface area contributed by atoms with E-state index >= 15 is 0 Å². The Balaban J connectivity index is 1.94. The van der Waals surface area contributed by atoms with Gasteiger partial charge in [0.2, 0.25) is 5.88 Å². The number of nitrogens with two attached hydrogens (primary N) is 1. The summed E-state index contributed by atoms with van der Waals surface area (Å²) >= 11 is 0. The Morgan fingerprint density at radius 1 is 1.47 bits per heavy atom. The Morgan fingerprint density at radius 3 is 2.84 bits per heavy atom. The lowest BCUT2D eigenvalue weighted by Gasteiger charge is -2.14. The number of nitrogens with zero attached hydrogens (tertiary/aromatic N) is 3. The van der Waals surface area contributed by atoms with Crippen molar-refractivity contribution in [2.45, 2.75) is 12.8 Å². The molecule has 19 heavy (non-hydrogen) atoms. The minimum absolute atomic E-state index is 0.589. The van der Waals surface area contributed by atoms with Crippen LogP contribution in [-0.4, -0.2) is 42.8 Å². The van der Waals surface area contributed by atoms with Crippen LogP contribution < -0.4 is 10.5 Å². The summed E-state index contributed by atoms with van der Waals surface area (Å²) < 4.78 is 5.00. The van der Waals surface area contributed by atoms with E-state index in [1.165, 1.54) is 12.8 Å². The number of aliphatic imine (C=N–C) groups is 1. The number of ether oxygens (including phenoxy) is 1. The normalized spacial score (nSPS) is 17.2. The molecule has 1 aromatic rings. The Hall–Kier alpha value is -1.88. The fourth-order valence-electron chi connectivity index (χ4n) is 2.06. The molecule has 1 aromatic heterocycles. The first-order valence-corrected chi connectivity index (χ1v) is 6.49. The van der Waals surface area contributed by atoms with Crippen LogP contribution in [0, 0.1) is 0 Å². The van der Waals surface area contributed by atoms with Crippen molar-refractivity contribution in [3.05, 3.63) is 30.1 Å². The SMILES string of the molecule is COc1ccc(N=C/C(=C\N)CN2CCCC2)cn1. The molecular weight excluding hydrogens is 240 g/mol. The molecule has 0 bridgehead atoms. The lowest BCUT2D eigenvalue weighted by molar-refractivity contribution is 0.373. The molecule has 0 amide bonds. The maximum absolute atomic E-state index is 5.65. The van der Waals surface area contributed by atoms with Crippen LogP contribution >= 0.6 is 0 Å². The summed E-state index contributed by atoms with van der Waals surface area (Å²) in [5.74, 6) is 0.589. The summed E-state index contributed by atoms with van der Waals surface area (Å²) in [5.41, 5.74) is 7.46. The maximum atomic E-state index is 5.65. The van der Waals surface area contributed by atoms with Gasteiger partial charge in [-0.2, -0.15) is 0 Å². The minimum Gasteiger partial charge on any atom is -0.481 e. The predicted octanol–water partition coefficient (Wildman–Crippen LogP) is 1.73. The number of likely N-dealkylation sites (tertiary alicyclic amines) is 1. The molecule has 0 radical (unpaired) electrons. The van der Waals surface area contributed by atoms with E-state index < -0.39 is 0 Å². The molecule has 102 valence electrons. The van der Waals surface area contributed by atoms with Gasteiger partial charge in [-0.3, -0.25) is 9.89 Å². The topological polar surface area (TPSA) is 63.7 Å². The van der Waals surface area contributed by atoms with Crippen molar-refractivity contribution in [3.63, 3.8) is 0 Å². The fourth-order valence-corrected chi connectivity index (χ4v) is 2.06. The van der Waals surface area contributed by atoms with Crippen LogP contribution in [0.2, 0.25) is 0 Å². The Kier molecular flexibility index (Phi) is 4.92. The predicted molar refractivity (Wildman–Crippen MR) is 76.9 cm³/mol. The Bertz CT molecular complexity index is 447. The second-order valence-electron chi connectivity index (χ2n) is 4.54. The first-order valence-electron chi connectivity index (χ1n) is 6.49. The van der Waals surface area contributed by atoms with E-state index in [1.54, 1.807) is 25.6 Å². The van der Waals surface area contributed by atoms with Gasteiger partial charge in [0.25, 0.3) is 0 Å². The molecule has 1 saturated heterocycles. The zero-order valence-corrected chi connectivity index (χ0v) is 11.2. The number of hydrogen-bond donors (Lipinski definition) is 1. The summed E-state index contributed by atoms with van der Waals surface area (Å²) in [5, 5.41) is 0. The molecule has 5 nitrogen and oxygen atoms in total. The Labute approximate surface area is 113 Å². The molecule has 2 N–H and O–H groups in total. The average molecular weight is 260 g/mol. The summed E-state index contributed by atoms with van der Waals surface area (Å²) in [7, 11) is 1.59. The van der Waals surface area contributed by atoms with E-state index in [0.29, 0.717) is 5.88 Å². The van der Waals surface area contributed by atoms with Gasteiger partial charge in [0.05, 0.1) is 19.0 Å². The lowest BCUT2D eigenvalue weighted by Crippen LogP contribution is -2.22. The van der Waals surface area contributed by atoms with E-state index in [2.05, 4.69) is 14.9 Å². The molecular formula is C14H20N4O. The van der Waals surface area contributed by atoms with Crippen molar-refractivity contribution in [2.75, 3.05) is 26.7 Å². The van der Waals surface area contributed by atoms with Crippen molar-refractivity contribution in [3.8, 4) is 5.88 Å². The maximum Gasteiger partial charge on any atom is 0.213 e. The highest BCUT2D eigenvalue weighted by Gasteiger charge is 2.11. The molecule has 0 aromatic carbocycles. The summed E-state index contributed by atoms with van der Waals surface area (Å²) in [4.78, 5) is 10.9. The zero-order valence-electron chi connectivity index (χ0n) is 11.2. The molecule has 0 saturated carbocycles. The fraction of sp³-hybridized carbons (Fsp3) is 0.429. The molecule has 5 heteroatoms. The first kappa shape index (κ1) is 13.5. The van der Waals surface area contributed by atoms with Gasteiger partial charge in [-0.15, -0.1) is 0 Å². The molecule has 0 atom stereocenters. The third-order valence-corrected chi connectivity index (χ3v) is 3.13. The summed E-state index contributed by atoms with van der Waals surface area (Å²) in [6.45, 7) is 3.16. The van der Waals surface area contributed by atoms with Gasteiger partial charge in [-0.05, 0) is 43.8 Å². The molecule has 1 aliphatic rings. The summed E-state index contributed by atoms with van der Waals surface area (Å²) in [6, 6.07) is 3.66. The van der Waals surface area contributed by atoms with Crippen molar-refractivity contribution in [1.29, 1.82) is 0 Å². The number of pyridine rings is 1. The van der Waals surface area contributed by atoms with Crippen LogP contribution in [0.4, 0.5) is 5.69 Å². The summed E-state index contributed by atoms with van der Waals surface area (Å²) in [6.07, 6.45) is 7.66. The van der Waals surface area contributed by atoms with Crippen LogP contribution in [0.3, 0.4) is 0 Å². The second-order valence-corrected chi connectivity index (χ2v) is 4.54. The third kappa shape index (κ3) is 4.06. The number of rotatable bonds is 5. The van der Waals surface area contributed by atoms with Crippen molar-refractivity contribution >= 4 is 11.9 Å². The van der Waals surface area contributed by atoms with Gasteiger partial charge < -0.3 is 10.5 Å². The number of methoxy groups -OCH3 is 1. The van der Waals surface area contributed by atoms with Crippen molar-refractivity contribution in [2.24, 2.45) is 10.7 Å². The smallest absolute Gasteiger partial charge is 0.213 e. The molecule has 0 aliphatic carbocycles. The number of hydrogen-bond acceptors (Lipinski definition) is 5. The second kappa shape index (κ2) is 6.89. The van der Waals surface area contributed by atoms with Gasteiger partial charge in [-0.1, -0.05) is 0 Å². The zero-order chi connectivity index (χ0) is 13.5. The minimum atomic E-state index is 0.589. The highest BCUT2D eigenvalue weighted by molar-refractivity contribution is 5.81. The van der Waals surface area contributed by atoms with Gasteiger partial charge in [0.1, 0.15) is 0 Å². The highest BCUT2D eigenvalue weighted by Crippen LogP contribution is 2.14. The van der Waals surface area contributed by atoms with Crippen LogP contribution in [0.15, 0.2) is 35.1 Å². The largest absolute Gasteiger partial charge is 0.481 e. The van der Waals surface area contributed by atoms with E-state index in [1.807, 2.05) is 12.3 Å². The molecule has 2 heterocycles. The van der Waals surface area contributed by atoms with Gasteiger partial charge in [0.15, 0.2) is 0 Å². The average Bonchev–Trinajstić information content (AvgIpc) is 2.97. The van der Waals surface area contributed by atoms with Crippen LogP contribution in [0.1, 0.15) is 12.8 Å². The van der Waals surface area contributed by atoms with Crippen molar-refractivity contribution in [1.82, 2.24) is 9.88 Å². The highest BCUT2D eigenvalue weighted by atomic mass is 16.5. The number of aromatic nitrogens is 1. The first-order chi connectivity index (χ1) is 9.31. The van der Waals surface area contributed by atoms with Gasteiger partial charge in [-0.25, -0.2) is 4.98 Å². The molecule has 0 spiro atoms. The van der Waals surface area contributed by atoms with Crippen molar-refractivity contribution < 1.29 is 4.74 Å². The monoisotopic (exact) mass is 260 g/mol. The molecule has 2 rings (SSSR count). The van der Waals surface area contributed by atoms with Crippen LogP contribution in [0.25, 0.3) is 0 Å². The lowest BCUT2D eigenvalue weighted by atomic mass is 10.3. The van der Waals surface area contributed by atoms with E-state index in [-0.39, 0.29) is 0 Å². The standard InChI is InChI=1S/C14H20N4O/c1-19-14-5-4-13(10-17-14)16-9-12(8-15)11-18-6-2-3-7-18/h4-5,8-10H,2-3,6-7,11,15H2,1H3/b12-8+,16-9?. The third-order valence-electron chi connectivity index (χ3n) is 3.13. The van der Waals surface area contributed by atoms with E-state index in [0.717, 1.165) is 30.9 Å². The quantitative estimate of drug-likeness (QED) is 0.819. The molecule has 1 aliphatic heterocycles. The molecule has 0 unspecified atom stereocenters. The Morgan fingerprint density at radius 2 is 2.26 bits per heavy atom. The van der Waals surface area contributed by atoms with Crippen LogP contribution in [0.5, 0.6) is 5.88 Å². The molecule has 1 fully saturated rings. The van der Waals surface area contributed by atoms with Crippen LogP contribution in [-0.2, 0) is 0 Å².